The molecule has 1 aromatic heterocycles. The van der Waals surface area contributed by atoms with Crippen LogP contribution in [0.5, 0.6) is 0 Å². The van der Waals surface area contributed by atoms with Crippen molar-refractivity contribution < 1.29 is 8.42 Å². The number of rotatable bonds is 3. The maximum absolute atomic E-state index is 12.7. The lowest BCUT2D eigenvalue weighted by atomic mass is 9.68. The van der Waals surface area contributed by atoms with Crippen LogP contribution in [0.4, 0.5) is 5.82 Å². The Bertz CT molecular complexity index is 728. The van der Waals surface area contributed by atoms with Crippen molar-refractivity contribution in [1.29, 1.82) is 0 Å². The number of anilines is 1. The smallest absolute Gasteiger partial charge is 0.244 e. The van der Waals surface area contributed by atoms with E-state index in [1.54, 1.807) is 16.6 Å². The van der Waals surface area contributed by atoms with Gasteiger partial charge in [-0.2, -0.15) is 4.31 Å². The fraction of sp³-hybridized carbons (Fsp3) is 0.737. The number of pyridine rings is 1. The first-order valence-electron chi connectivity index (χ1n) is 9.82. The van der Waals surface area contributed by atoms with Gasteiger partial charge in [0.1, 0.15) is 10.7 Å². The summed E-state index contributed by atoms with van der Waals surface area (Å²) >= 11 is 0. The molecule has 3 aliphatic heterocycles. The van der Waals surface area contributed by atoms with Crippen LogP contribution in [0.25, 0.3) is 0 Å². The van der Waals surface area contributed by atoms with Gasteiger partial charge in [0, 0.05) is 31.9 Å². The molecule has 2 atom stereocenters. The van der Waals surface area contributed by atoms with Crippen molar-refractivity contribution in [1.82, 2.24) is 9.29 Å². The number of sulfonamides is 1. The molecule has 4 bridgehead atoms. The highest BCUT2D eigenvalue weighted by Gasteiger charge is 2.43. The van der Waals surface area contributed by atoms with Crippen molar-refractivity contribution in [2.24, 2.45) is 17.8 Å². The van der Waals surface area contributed by atoms with Gasteiger partial charge < -0.3 is 4.90 Å². The van der Waals surface area contributed by atoms with Gasteiger partial charge in [0.25, 0.3) is 0 Å². The predicted octanol–water partition coefficient (Wildman–Crippen LogP) is 2.88. The molecule has 0 spiro atoms. The average molecular weight is 362 g/mol. The van der Waals surface area contributed by atoms with Gasteiger partial charge in [0.05, 0.1) is 0 Å². The van der Waals surface area contributed by atoms with Crippen LogP contribution >= 0.6 is 0 Å². The summed E-state index contributed by atoms with van der Waals surface area (Å²) in [6.07, 6.45) is 10.3. The second kappa shape index (κ2) is 5.95. The molecule has 1 aromatic rings. The molecule has 2 saturated carbocycles. The fourth-order valence-electron chi connectivity index (χ4n) is 5.84. The Hall–Kier alpha value is -1.14. The number of nitrogens with zero attached hydrogens (tertiary/aromatic N) is 3. The van der Waals surface area contributed by atoms with E-state index in [2.05, 4.69) is 9.88 Å². The Labute approximate surface area is 150 Å². The molecule has 2 unspecified atom stereocenters. The van der Waals surface area contributed by atoms with E-state index in [0.717, 1.165) is 43.0 Å². The van der Waals surface area contributed by atoms with Crippen molar-refractivity contribution in [3.05, 3.63) is 18.3 Å². The van der Waals surface area contributed by atoms with E-state index in [0.29, 0.717) is 24.0 Å². The van der Waals surface area contributed by atoms with Gasteiger partial charge in [-0.1, -0.05) is 0 Å². The first kappa shape index (κ1) is 16.1. The summed E-state index contributed by atoms with van der Waals surface area (Å²) in [4.78, 5) is 7.43. The van der Waals surface area contributed by atoms with Crippen molar-refractivity contribution in [3.63, 3.8) is 0 Å². The molecular weight excluding hydrogens is 334 g/mol. The Morgan fingerprint density at radius 1 is 0.920 bits per heavy atom. The predicted molar refractivity (Wildman–Crippen MR) is 96.9 cm³/mol. The van der Waals surface area contributed by atoms with Crippen LogP contribution in [0, 0.1) is 17.8 Å². The molecule has 4 heterocycles. The molecule has 5 aliphatic rings. The van der Waals surface area contributed by atoms with E-state index in [9.17, 15) is 8.42 Å². The zero-order valence-corrected chi connectivity index (χ0v) is 15.5. The van der Waals surface area contributed by atoms with Crippen molar-refractivity contribution in [2.75, 3.05) is 24.5 Å². The SMILES string of the molecule is O=S(=O)(c1ccc(N2CC3CC4CC(C3)CC2C4)nc1)N1CCCC1. The lowest BCUT2D eigenvalue weighted by Crippen LogP contribution is -2.38. The number of hydrogen-bond donors (Lipinski definition) is 0. The van der Waals surface area contributed by atoms with Crippen LogP contribution in [-0.4, -0.2) is 43.4 Å². The topological polar surface area (TPSA) is 53.5 Å². The standard InChI is InChI=1S/C19H27N3O2S/c23-25(24,21-5-1-2-6-21)18-3-4-19(20-12-18)22-13-16-8-14-7-15(9-16)11-17(22)10-14/h3-4,12,14-17H,1-2,5-11,13H2. The number of aromatic nitrogens is 1. The van der Waals surface area contributed by atoms with Gasteiger partial charge in [-0.3, -0.25) is 0 Å². The summed E-state index contributed by atoms with van der Waals surface area (Å²) in [5.41, 5.74) is 0. The Balaban J connectivity index is 1.40. The number of fused-ring (bicyclic) bond motifs is 1. The second-order valence-corrected chi connectivity index (χ2v) is 10.5. The Morgan fingerprint density at radius 2 is 1.60 bits per heavy atom. The average Bonchev–Trinajstić information content (AvgIpc) is 3.07. The van der Waals surface area contributed by atoms with Crippen LogP contribution < -0.4 is 4.90 Å². The molecule has 0 amide bonds. The molecule has 0 radical (unpaired) electrons. The monoisotopic (exact) mass is 361 g/mol. The molecule has 5 fully saturated rings. The second-order valence-electron chi connectivity index (χ2n) is 8.55. The van der Waals surface area contributed by atoms with Gasteiger partial charge >= 0.3 is 0 Å². The van der Waals surface area contributed by atoms with Crippen LogP contribution in [0.15, 0.2) is 23.2 Å². The maximum atomic E-state index is 12.7. The molecular formula is C19H27N3O2S. The molecule has 0 N–H and O–H groups in total. The quantitative estimate of drug-likeness (QED) is 0.831. The third-order valence-corrected chi connectivity index (χ3v) is 8.71. The Morgan fingerprint density at radius 3 is 2.24 bits per heavy atom. The fourth-order valence-corrected chi connectivity index (χ4v) is 7.30. The minimum atomic E-state index is -3.36. The van der Waals surface area contributed by atoms with Gasteiger partial charge in [-0.15, -0.1) is 0 Å². The van der Waals surface area contributed by atoms with E-state index < -0.39 is 10.0 Å². The molecule has 6 heteroatoms. The van der Waals surface area contributed by atoms with E-state index in [1.807, 2.05) is 6.07 Å². The molecule has 3 saturated heterocycles. The summed E-state index contributed by atoms with van der Waals surface area (Å²) in [7, 11) is -3.36. The molecule has 136 valence electrons. The van der Waals surface area contributed by atoms with Gasteiger partial charge in [-0.05, 0) is 74.8 Å². The number of hydrogen-bond acceptors (Lipinski definition) is 4. The van der Waals surface area contributed by atoms with Crippen LogP contribution in [0.3, 0.4) is 0 Å². The maximum Gasteiger partial charge on any atom is 0.244 e. The van der Waals surface area contributed by atoms with E-state index in [-0.39, 0.29) is 0 Å². The van der Waals surface area contributed by atoms with E-state index in [4.69, 9.17) is 0 Å². The normalized spacial score (nSPS) is 35.3. The van der Waals surface area contributed by atoms with Gasteiger partial charge in [0.2, 0.25) is 10.0 Å². The van der Waals surface area contributed by atoms with Crippen LogP contribution in [-0.2, 0) is 10.0 Å². The van der Waals surface area contributed by atoms with Crippen LogP contribution in [0.2, 0.25) is 0 Å². The largest absolute Gasteiger partial charge is 0.353 e. The van der Waals surface area contributed by atoms with E-state index >= 15 is 0 Å². The lowest BCUT2D eigenvalue weighted by molar-refractivity contribution is 0.157. The first-order chi connectivity index (χ1) is 12.1. The summed E-state index contributed by atoms with van der Waals surface area (Å²) in [6, 6.07) is 4.31. The molecule has 2 aliphatic carbocycles. The third kappa shape index (κ3) is 2.78. The summed E-state index contributed by atoms with van der Waals surface area (Å²) in [5, 5.41) is 0. The highest BCUT2D eigenvalue weighted by Crippen LogP contribution is 2.48. The third-order valence-electron chi connectivity index (χ3n) is 6.82. The molecule has 25 heavy (non-hydrogen) atoms. The zero-order chi connectivity index (χ0) is 17.0. The van der Waals surface area contributed by atoms with Gasteiger partial charge in [0.15, 0.2) is 0 Å². The minimum absolute atomic E-state index is 0.346. The highest BCUT2D eigenvalue weighted by atomic mass is 32.2. The van der Waals surface area contributed by atoms with Crippen LogP contribution in [0.1, 0.15) is 44.9 Å². The summed E-state index contributed by atoms with van der Waals surface area (Å²) in [6.45, 7) is 2.38. The van der Waals surface area contributed by atoms with Gasteiger partial charge in [-0.25, -0.2) is 13.4 Å². The Kier molecular flexibility index (Phi) is 3.82. The van der Waals surface area contributed by atoms with Crippen molar-refractivity contribution in [2.45, 2.75) is 55.9 Å². The first-order valence-corrected chi connectivity index (χ1v) is 11.3. The molecule has 6 rings (SSSR count). The summed E-state index contributed by atoms with van der Waals surface area (Å²) < 4.78 is 27.0. The van der Waals surface area contributed by atoms with Crippen molar-refractivity contribution >= 4 is 15.8 Å². The summed E-state index contributed by atoms with van der Waals surface area (Å²) in [5.74, 6) is 3.58. The highest BCUT2D eigenvalue weighted by molar-refractivity contribution is 7.89. The molecule has 5 nitrogen and oxygen atoms in total. The lowest BCUT2D eigenvalue weighted by Gasteiger charge is -2.39. The van der Waals surface area contributed by atoms with E-state index in [1.165, 1.54) is 32.1 Å². The molecule has 0 aromatic carbocycles. The zero-order valence-electron chi connectivity index (χ0n) is 14.7. The minimum Gasteiger partial charge on any atom is -0.353 e. The van der Waals surface area contributed by atoms with Crippen molar-refractivity contribution in [3.8, 4) is 0 Å².